The summed E-state index contributed by atoms with van der Waals surface area (Å²) in [4.78, 5) is 0. The maximum atomic E-state index is 9.04. The first kappa shape index (κ1) is 10.2. The summed E-state index contributed by atoms with van der Waals surface area (Å²) in [5.41, 5.74) is 0.913. The summed E-state index contributed by atoms with van der Waals surface area (Å²) < 4.78 is 0. The van der Waals surface area contributed by atoms with Crippen molar-refractivity contribution < 1.29 is 5.11 Å². The van der Waals surface area contributed by atoms with Gasteiger partial charge in [0, 0.05) is 20.3 Å². The molecular formula is C8H16N2O. The number of rotatable bonds is 3. The maximum absolute atomic E-state index is 9.04. The molecule has 3 nitrogen and oxygen atoms in total. The van der Waals surface area contributed by atoms with Crippen LogP contribution < -0.4 is 0 Å². The standard InChI is InChI=1S/C8H16N2O/c1-7(8(2)11)5-6-9-10(3)4/h5-6,8,11H,1-4H3/b7-5+,9-6+. The van der Waals surface area contributed by atoms with E-state index in [0.29, 0.717) is 0 Å². The zero-order valence-corrected chi connectivity index (χ0v) is 7.57. The Morgan fingerprint density at radius 1 is 1.55 bits per heavy atom. The van der Waals surface area contributed by atoms with Gasteiger partial charge in [-0.1, -0.05) is 0 Å². The first-order valence-corrected chi connectivity index (χ1v) is 3.60. The minimum absolute atomic E-state index is 0.386. The van der Waals surface area contributed by atoms with Crippen LogP contribution in [0.1, 0.15) is 13.8 Å². The second-order valence-electron chi connectivity index (χ2n) is 2.70. The number of nitrogens with zero attached hydrogens (tertiary/aromatic N) is 2. The Balaban J connectivity index is 3.91. The lowest BCUT2D eigenvalue weighted by Gasteiger charge is -2.03. The maximum Gasteiger partial charge on any atom is 0.0722 e. The molecule has 0 aromatic carbocycles. The van der Waals surface area contributed by atoms with E-state index in [-0.39, 0.29) is 6.10 Å². The van der Waals surface area contributed by atoms with Gasteiger partial charge in [-0.05, 0) is 25.5 Å². The van der Waals surface area contributed by atoms with Crippen LogP contribution in [-0.2, 0) is 0 Å². The normalized spacial score (nSPS) is 15.5. The van der Waals surface area contributed by atoms with Crippen molar-refractivity contribution in [2.75, 3.05) is 14.1 Å². The summed E-state index contributed by atoms with van der Waals surface area (Å²) in [7, 11) is 3.70. The topological polar surface area (TPSA) is 35.8 Å². The molecule has 0 bridgehead atoms. The van der Waals surface area contributed by atoms with Gasteiger partial charge in [-0.15, -0.1) is 0 Å². The molecule has 3 heteroatoms. The van der Waals surface area contributed by atoms with Crippen molar-refractivity contribution in [1.29, 1.82) is 0 Å². The molecule has 11 heavy (non-hydrogen) atoms. The van der Waals surface area contributed by atoms with Crippen LogP contribution >= 0.6 is 0 Å². The van der Waals surface area contributed by atoms with Gasteiger partial charge in [-0.3, -0.25) is 0 Å². The third kappa shape index (κ3) is 5.61. The molecule has 1 N–H and O–H groups in total. The summed E-state index contributed by atoms with van der Waals surface area (Å²) in [6.07, 6.45) is 3.08. The fourth-order valence-corrected chi connectivity index (χ4v) is 0.423. The molecule has 64 valence electrons. The molecule has 0 saturated heterocycles. The predicted octanol–water partition coefficient (Wildman–Crippen LogP) is 0.861. The first-order valence-electron chi connectivity index (χ1n) is 3.60. The smallest absolute Gasteiger partial charge is 0.0722 e. The van der Waals surface area contributed by atoms with Crippen LogP contribution in [0.2, 0.25) is 0 Å². The van der Waals surface area contributed by atoms with E-state index in [1.165, 1.54) is 0 Å². The van der Waals surface area contributed by atoms with Crippen LogP contribution in [0.5, 0.6) is 0 Å². The summed E-state index contributed by atoms with van der Waals surface area (Å²) in [5.74, 6) is 0. The third-order valence-electron chi connectivity index (χ3n) is 1.29. The summed E-state index contributed by atoms with van der Waals surface area (Å²) in [6, 6.07) is 0. The number of aliphatic hydroxyl groups excluding tert-OH is 1. The predicted molar refractivity (Wildman–Crippen MR) is 47.6 cm³/mol. The highest BCUT2D eigenvalue weighted by molar-refractivity contribution is 5.71. The van der Waals surface area contributed by atoms with Crippen molar-refractivity contribution in [3.05, 3.63) is 11.6 Å². The average Bonchev–Trinajstić information content (AvgIpc) is 1.86. The van der Waals surface area contributed by atoms with Crippen molar-refractivity contribution in [2.24, 2.45) is 5.10 Å². The van der Waals surface area contributed by atoms with Gasteiger partial charge in [-0.25, -0.2) is 0 Å². The SMILES string of the molecule is C/C(=C\C=N\N(C)C)C(C)O. The van der Waals surface area contributed by atoms with Crippen LogP contribution in [0, 0.1) is 0 Å². The van der Waals surface area contributed by atoms with Crippen molar-refractivity contribution in [3.63, 3.8) is 0 Å². The molecule has 0 rings (SSSR count). The van der Waals surface area contributed by atoms with Gasteiger partial charge in [0.15, 0.2) is 0 Å². The van der Waals surface area contributed by atoms with Crippen molar-refractivity contribution >= 4 is 6.21 Å². The Kier molecular flexibility index (Phi) is 4.54. The molecular weight excluding hydrogens is 140 g/mol. The molecule has 0 fully saturated rings. The Morgan fingerprint density at radius 2 is 2.09 bits per heavy atom. The van der Waals surface area contributed by atoms with Gasteiger partial charge in [-0.2, -0.15) is 5.10 Å². The third-order valence-corrected chi connectivity index (χ3v) is 1.29. The number of hydrogen-bond acceptors (Lipinski definition) is 3. The van der Waals surface area contributed by atoms with Crippen molar-refractivity contribution in [3.8, 4) is 0 Å². The van der Waals surface area contributed by atoms with Crippen LogP contribution in [0.4, 0.5) is 0 Å². The zero-order chi connectivity index (χ0) is 8.85. The molecule has 0 aromatic rings. The van der Waals surface area contributed by atoms with Gasteiger partial charge in [0.1, 0.15) is 0 Å². The highest BCUT2D eigenvalue weighted by Crippen LogP contribution is 1.97. The summed E-state index contributed by atoms with van der Waals surface area (Å²) in [6.45, 7) is 3.60. The quantitative estimate of drug-likeness (QED) is 0.486. The van der Waals surface area contributed by atoms with E-state index in [0.717, 1.165) is 5.57 Å². The van der Waals surface area contributed by atoms with E-state index >= 15 is 0 Å². The molecule has 0 aliphatic heterocycles. The van der Waals surface area contributed by atoms with Gasteiger partial charge < -0.3 is 10.1 Å². The van der Waals surface area contributed by atoms with E-state index in [1.54, 1.807) is 24.2 Å². The number of hydrazone groups is 1. The lowest BCUT2D eigenvalue weighted by molar-refractivity contribution is 0.231. The number of allylic oxidation sites excluding steroid dienone is 1. The fraction of sp³-hybridized carbons (Fsp3) is 0.625. The number of hydrogen-bond donors (Lipinski definition) is 1. The molecule has 0 amide bonds. The Labute approximate surface area is 68.0 Å². The summed E-state index contributed by atoms with van der Waals surface area (Å²) in [5, 5.41) is 14.7. The van der Waals surface area contributed by atoms with Gasteiger partial charge in [0.25, 0.3) is 0 Å². The van der Waals surface area contributed by atoms with Crippen LogP contribution in [0.3, 0.4) is 0 Å². The van der Waals surface area contributed by atoms with Crippen LogP contribution in [0.15, 0.2) is 16.8 Å². The highest BCUT2D eigenvalue weighted by atomic mass is 16.3. The molecule has 1 unspecified atom stereocenters. The van der Waals surface area contributed by atoms with Gasteiger partial charge in [0.05, 0.1) is 6.10 Å². The van der Waals surface area contributed by atoms with E-state index in [1.807, 2.05) is 21.0 Å². The van der Waals surface area contributed by atoms with Crippen molar-refractivity contribution in [1.82, 2.24) is 5.01 Å². The average molecular weight is 156 g/mol. The molecule has 0 heterocycles. The van der Waals surface area contributed by atoms with E-state index in [9.17, 15) is 0 Å². The van der Waals surface area contributed by atoms with Crippen LogP contribution in [0.25, 0.3) is 0 Å². The highest BCUT2D eigenvalue weighted by Gasteiger charge is 1.94. The first-order chi connectivity index (χ1) is 5.04. The summed E-state index contributed by atoms with van der Waals surface area (Å²) >= 11 is 0. The molecule has 1 atom stereocenters. The van der Waals surface area contributed by atoms with E-state index in [4.69, 9.17) is 5.11 Å². The Bertz CT molecular complexity index is 159. The van der Waals surface area contributed by atoms with Crippen molar-refractivity contribution in [2.45, 2.75) is 20.0 Å². The second kappa shape index (κ2) is 4.91. The minimum atomic E-state index is -0.386. The molecule has 0 radical (unpaired) electrons. The zero-order valence-electron chi connectivity index (χ0n) is 7.57. The minimum Gasteiger partial charge on any atom is -0.389 e. The second-order valence-corrected chi connectivity index (χ2v) is 2.70. The van der Waals surface area contributed by atoms with Gasteiger partial charge >= 0.3 is 0 Å². The molecule has 0 spiro atoms. The lowest BCUT2D eigenvalue weighted by Crippen LogP contribution is -2.03. The Hall–Kier alpha value is -0.830. The van der Waals surface area contributed by atoms with E-state index in [2.05, 4.69) is 5.10 Å². The van der Waals surface area contributed by atoms with Gasteiger partial charge in [0.2, 0.25) is 0 Å². The van der Waals surface area contributed by atoms with Crippen LogP contribution in [-0.4, -0.2) is 36.5 Å². The lowest BCUT2D eigenvalue weighted by atomic mass is 10.2. The largest absolute Gasteiger partial charge is 0.389 e. The molecule has 0 saturated carbocycles. The number of aliphatic hydroxyl groups is 1. The monoisotopic (exact) mass is 156 g/mol. The Morgan fingerprint density at radius 3 is 2.45 bits per heavy atom. The fourth-order valence-electron chi connectivity index (χ4n) is 0.423. The van der Waals surface area contributed by atoms with E-state index < -0.39 is 0 Å². The molecule has 0 aliphatic rings. The molecule has 0 aliphatic carbocycles. The molecule has 0 aromatic heterocycles.